The summed E-state index contributed by atoms with van der Waals surface area (Å²) in [6.07, 6.45) is 4.01. The van der Waals surface area contributed by atoms with Crippen LogP contribution in [0.5, 0.6) is 0 Å². The summed E-state index contributed by atoms with van der Waals surface area (Å²) < 4.78 is 0. The molecule has 6 nitrogen and oxygen atoms in total. The zero-order valence-corrected chi connectivity index (χ0v) is 18.7. The Kier molecular flexibility index (Phi) is 7.89. The Labute approximate surface area is 186 Å². The Hall–Kier alpha value is -1.93. The molecule has 0 aliphatic carbocycles. The molecule has 1 aromatic rings. The van der Waals surface area contributed by atoms with E-state index in [0.717, 1.165) is 31.4 Å². The van der Waals surface area contributed by atoms with Crippen molar-refractivity contribution in [2.45, 2.75) is 63.1 Å². The predicted molar refractivity (Wildman–Crippen MR) is 123 cm³/mol. The molecule has 0 spiro atoms. The van der Waals surface area contributed by atoms with Crippen molar-refractivity contribution in [3.63, 3.8) is 0 Å². The van der Waals surface area contributed by atoms with E-state index in [4.69, 9.17) is 20.1 Å². The maximum absolute atomic E-state index is 13.2. The van der Waals surface area contributed by atoms with Gasteiger partial charge < -0.3 is 20.4 Å². The summed E-state index contributed by atoms with van der Waals surface area (Å²) in [5, 5.41) is 6.14. The number of nitrogens with zero attached hydrogens (tertiary/aromatic N) is 2. The van der Waals surface area contributed by atoms with Gasteiger partial charge in [0, 0.05) is 13.1 Å². The molecule has 2 aliphatic heterocycles. The van der Waals surface area contributed by atoms with Crippen molar-refractivity contribution in [2.75, 3.05) is 20.1 Å². The third kappa shape index (κ3) is 5.21. The first-order valence-corrected chi connectivity index (χ1v) is 11.2. The van der Waals surface area contributed by atoms with E-state index < -0.39 is 6.04 Å². The van der Waals surface area contributed by atoms with Gasteiger partial charge in [-0.3, -0.25) is 9.59 Å². The second-order valence-corrected chi connectivity index (χ2v) is 8.61. The normalized spacial score (nSPS) is 23.3. The molecule has 2 heterocycles. The highest BCUT2D eigenvalue weighted by Gasteiger charge is 2.37. The van der Waals surface area contributed by atoms with E-state index in [0.29, 0.717) is 24.4 Å². The fourth-order valence-corrected chi connectivity index (χ4v) is 4.64. The van der Waals surface area contributed by atoms with Crippen molar-refractivity contribution >= 4 is 36.9 Å². The molecule has 0 saturated carbocycles. The second-order valence-electron chi connectivity index (χ2n) is 8.19. The SMILES string of the molecule is [B][C@@H]1CCCN1C(=S)[C@H](C)NC(=O)[C@@H]1CCCN1C(=O)[C@H](Cc1ccccc1)NC. The lowest BCUT2D eigenvalue weighted by molar-refractivity contribution is -0.140. The lowest BCUT2D eigenvalue weighted by Crippen LogP contribution is -2.55. The number of benzene rings is 1. The summed E-state index contributed by atoms with van der Waals surface area (Å²) >= 11 is 5.56. The molecule has 0 aromatic heterocycles. The number of nitrogens with one attached hydrogen (secondary N) is 2. The number of rotatable bonds is 7. The number of likely N-dealkylation sites (tertiary alicyclic amines) is 2. The summed E-state index contributed by atoms with van der Waals surface area (Å²) in [4.78, 5) is 30.6. The number of carbonyl (C=O) groups excluding carboxylic acids is 2. The molecule has 0 bridgehead atoms. The van der Waals surface area contributed by atoms with E-state index in [1.165, 1.54) is 0 Å². The maximum atomic E-state index is 13.2. The highest BCUT2D eigenvalue weighted by atomic mass is 32.1. The molecule has 0 unspecified atom stereocenters. The maximum Gasteiger partial charge on any atom is 0.243 e. The van der Waals surface area contributed by atoms with Crippen LogP contribution in [0.3, 0.4) is 0 Å². The standard InChI is InChI=1S/C22H31BN4O2S/c1-15(22(30)27-13-7-11-19(27)23)25-20(28)18-10-6-12-26(18)21(29)17(24-2)14-16-8-4-3-5-9-16/h3-5,8-9,15,17-19,24H,6-7,10-14H2,1-2H3,(H,25,28)/t15-,17-,18-,19-/m0/s1. The number of likely N-dealkylation sites (N-methyl/N-ethyl adjacent to an activating group) is 1. The van der Waals surface area contributed by atoms with Crippen molar-refractivity contribution in [3.05, 3.63) is 35.9 Å². The molecule has 4 atom stereocenters. The van der Waals surface area contributed by atoms with E-state index in [9.17, 15) is 9.59 Å². The molecule has 3 rings (SSSR count). The van der Waals surface area contributed by atoms with Crippen molar-refractivity contribution in [1.29, 1.82) is 0 Å². The molecule has 2 aliphatic rings. The quantitative estimate of drug-likeness (QED) is 0.507. The van der Waals surface area contributed by atoms with Gasteiger partial charge in [0.25, 0.3) is 0 Å². The van der Waals surface area contributed by atoms with Crippen LogP contribution in [0, 0.1) is 0 Å². The van der Waals surface area contributed by atoms with Gasteiger partial charge in [-0.05, 0) is 57.6 Å². The minimum absolute atomic E-state index is 0.0317. The molecular formula is C22H31BN4O2S. The van der Waals surface area contributed by atoms with Gasteiger partial charge in [0.2, 0.25) is 11.8 Å². The van der Waals surface area contributed by atoms with Gasteiger partial charge in [0.1, 0.15) is 6.04 Å². The predicted octanol–water partition coefficient (Wildman–Crippen LogP) is 1.23. The molecule has 30 heavy (non-hydrogen) atoms. The summed E-state index contributed by atoms with van der Waals surface area (Å²) in [5.74, 6) is -0.246. The average molecular weight is 426 g/mol. The van der Waals surface area contributed by atoms with E-state index in [2.05, 4.69) is 10.6 Å². The first-order valence-electron chi connectivity index (χ1n) is 10.8. The van der Waals surface area contributed by atoms with Crippen molar-refractivity contribution in [1.82, 2.24) is 20.4 Å². The summed E-state index contributed by atoms with van der Waals surface area (Å²) in [7, 11) is 7.90. The van der Waals surface area contributed by atoms with E-state index in [-0.39, 0.29) is 29.8 Å². The zero-order valence-electron chi connectivity index (χ0n) is 17.8. The minimum atomic E-state index is -0.457. The average Bonchev–Trinajstić information content (AvgIpc) is 3.40. The summed E-state index contributed by atoms with van der Waals surface area (Å²) in [5.41, 5.74) is 1.09. The van der Waals surface area contributed by atoms with Crippen LogP contribution in [-0.4, -0.2) is 78.7 Å². The first kappa shape index (κ1) is 22.8. The molecule has 2 fully saturated rings. The van der Waals surface area contributed by atoms with Crippen LogP contribution >= 0.6 is 12.2 Å². The smallest absolute Gasteiger partial charge is 0.243 e. The Bertz CT molecular complexity index is 763. The number of carbonyl (C=O) groups is 2. The number of thiocarbonyl (C=S) groups is 1. The van der Waals surface area contributed by atoms with Gasteiger partial charge in [-0.2, -0.15) is 0 Å². The fraction of sp³-hybridized carbons (Fsp3) is 0.591. The Morgan fingerprint density at radius 1 is 1.17 bits per heavy atom. The van der Waals surface area contributed by atoms with Crippen LogP contribution in [0.1, 0.15) is 38.2 Å². The first-order chi connectivity index (χ1) is 14.4. The zero-order chi connectivity index (χ0) is 21.7. The van der Waals surface area contributed by atoms with Crippen LogP contribution in [0.25, 0.3) is 0 Å². The Balaban J connectivity index is 1.61. The lowest BCUT2D eigenvalue weighted by Gasteiger charge is -2.31. The summed E-state index contributed by atoms with van der Waals surface area (Å²) in [6, 6.07) is 8.81. The van der Waals surface area contributed by atoms with Crippen molar-refractivity contribution in [3.8, 4) is 0 Å². The van der Waals surface area contributed by atoms with Crippen molar-refractivity contribution < 1.29 is 9.59 Å². The molecule has 1 aromatic carbocycles. The molecule has 2 saturated heterocycles. The van der Waals surface area contributed by atoms with Crippen LogP contribution in [0.4, 0.5) is 0 Å². The molecule has 160 valence electrons. The van der Waals surface area contributed by atoms with Crippen LogP contribution in [-0.2, 0) is 16.0 Å². The molecule has 2 N–H and O–H groups in total. The van der Waals surface area contributed by atoms with Gasteiger partial charge >= 0.3 is 0 Å². The van der Waals surface area contributed by atoms with Gasteiger partial charge in [0.05, 0.1) is 24.9 Å². The highest BCUT2D eigenvalue weighted by molar-refractivity contribution is 7.80. The van der Waals surface area contributed by atoms with Gasteiger partial charge in [-0.15, -0.1) is 0 Å². The van der Waals surface area contributed by atoms with Crippen LogP contribution < -0.4 is 10.6 Å². The molecule has 2 amide bonds. The Morgan fingerprint density at radius 3 is 2.47 bits per heavy atom. The highest BCUT2D eigenvalue weighted by Crippen LogP contribution is 2.21. The van der Waals surface area contributed by atoms with E-state index in [1.54, 1.807) is 11.9 Å². The Morgan fingerprint density at radius 2 is 1.83 bits per heavy atom. The fourth-order valence-electron chi connectivity index (χ4n) is 4.35. The lowest BCUT2D eigenvalue weighted by atomic mass is 9.94. The molecular weight excluding hydrogens is 395 g/mol. The largest absolute Gasteiger partial charge is 0.370 e. The van der Waals surface area contributed by atoms with Crippen LogP contribution in [0.2, 0.25) is 0 Å². The van der Waals surface area contributed by atoms with Gasteiger partial charge in [-0.1, -0.05) is 42.5 Å². The van der Waals surface area contributed by atoms with E-state index >= 15 is 0 Å². The van der Waals surface area contributed by atoms with E-state index in [1.807, 2.05) is 42.2 Å². The second kappa shape index (κ2) is 10.4. The molecule has 2 radical (unpaired) electrons. The minimum Gasteiger partial charge on any atom is -0.370 e. The number of amides is 2. The monoisotopic (exact) mass is 426 g/mol. The summed E-state index contributed by atoms with van der Waals surface area (Å²) in [6.45, 7) is 3.31. The molecule has 8 heteroatoms. The third-order valence-electron chi connectivity index (χ3n) is 6.08. The van der Waals surface area contributed by atoms with Crippen LogP contribution in [0.15, 0.2) is 30.3 Å². The topological polar surface area (TPSA) is 64.7 Å². The third-order valence-corrected chi connectivity index (χ3v) is 6.67. The number of hydrogen-bond acceptors (Lipinski definition) is 4. The number of hydrogen-bond donors (Lipinski definition) is 2. The van der Waals surface area contributed by atoms with Gasteiger partial charge in [0.15, 0.2) is 0 Å². The van der Waals surface area contributed by atoms with Gasteiger partial charge in [-0.25, -0.2) is 0 Å². The van der Waals surface area contributed by atoms with Crippen molar-refractivity contribution in [2.24, 2.45) is 0 Å².